The van der Waals surface area contributed by atoms with Crippen molar-refractivity contribution in [2.75, 3.05) is 43.4 Å². The van der Waals surface area contributed by atoms with E-state index in [1.54, 1.807) is 0 Å². The van der Waals surface area contributed by atoms with Gasteiger partial charge in [0.1, 0.15) is 19.0 Å². The number of pyridine rings is 1. The number of anilines is 2. The highest BCUT2D eigenvalue weighted by Gasteiger charge is 2.36. The van der Waals surface area contributed by atoms with E-state index in [-0.39, 0.29) is 36.2 Å². The highest BCUT2D eigenvalue weighted by molar-refractivity contribution is 6.76. The van der Waals surface area contributed by atoms with Gasteiger partial charge in [0.2, 0.25) is 5.91 Å². The summed E-state index contributed by atoms with van der Waals surface area (Å²) in [5, 5.41) is 12.6. The molecule has 0 saturated carbocycles. The number of nitrogens with zero attached hydrogens (tertiary/aromatic N) is 3. The normalized spacial score (nSPS) is 14.7. The van der Waals surface area contributed by atoms with Crippen molar-refractivity contribution in [3.63, 3.8) is 0 Å². The summed E-state index contributed by atoms with van der Waals surface area (Å²) in [5.74, 6) is -2.98. The fourth-order valence-electron chi connectivity index (χ4n) is 3.67. The Balaban J connectivity index is 1.80. The molecule has 1 atom stereocenters. The Hall–Kier alpha value is -3.43. The Bertz CT molecular complexity index is 1190. The summed E-state index contributed by atoms with van der Waals surface area (Å²) in [6, 6.07) is 3.07. The largest absolute Gasteiger partial charge is 0.573 e. The number of aromatic hydroxyl groups is 1. The molecule has 1 aliphatic heterocycles. The highest BCUT2D eigenvalue weighted by Crippen LogP contribution is 2.35. The molecule has 10 nitrogen and oxygen atoms in total. The van der Waals surface area contributed by atoms with E-state index in [2.05, 4.69) is 34.7 Å². The zero-order chi connectivity index (χ0) is 29.0. The monoisotopic (exact) mass is 574 g/mol. The molecular formula is C24H30F4N4O6Si. The van der Waals surface area contributed by atoms with Gasteiger partial charge in [-0.05, 0) is 23.7 Å². The van der Waals surface area contributed by atoms with Crippen molar-refractivity contribution in [1.29, 1.82) is 0 Å². The maximum absolute atomic E-state index is 14.3. The number of carbonyl (C=O) groups excluding carboxylic acids is 2. The lowest BCUT2D eigenvalue weighted by Crippen LogP contribution is -2.53. The van der Waals surface area contributed by atoms with E-state index >= 15 is 0 Å². The fraction of sp³-hybridized carbons (Fsp3) is 0.458. The predicted molar refractivity (Wildman–Crippen MR) is 136 cm³/mol. The van der Waals surface area contributed by atoms with Gasteiger partial charge in [-0.1, -0.05) is 25.7 Å². The van der Waals surface area contributed by atoms with Crippen molar-refractivity contribution in [2.45, 2.75) is 38.1 Å². The molecule has 2 N–H and O–H groups in total. The zero-order valence-corrected chi connectivity index (χ0v) is 22.8. The molecule has 214 valence electrons. The first-order valence-electron chi connectivity index (χ1n) is 11.9. The van der Waals surface area contributed by atoms with E-state index in [1.807, 2.05) is 0 Å². The van der Waals surface area contributed by atoms with Crippen LogP contribution in [0.15, 0.2) is 30.5 Å². The van der Waals surface area contributed by atoms with Gasteiger partial charge in [0, 0.05) is 27.9 Å². The van der Waals surface area contributed by atoms with Gasteiger partial charge in [-0.2, -0.15) is 0 Å². The Morgan fingerprint density at radius 3 is 2.59 bits per heavy atom. The van der Waals surface area contributed by atoms with E-state index in [4.69, 9.17) is 9.47 Å². The molecule has 0 saturated heterocycles. The van der Waals surface area contributed by atoms with Crippen LogP contribution in [0, 0.1) is 5.82 Å². The third-order valence-electron chi connectivity index (χ3n) is 5.65. The van der Waals surface area contributed by atoms with E-state index < -0.39 is 50.5 Å². The molecule has 0 radical (unpaired) electrons. The van der Waals surface area contributed by atoms with Gasteiger partial charge in [-0.25, -0.2) is 14.2 Å². The number of methoxy groups -OCH3 is 1. The number of hydrogen-bond acceptors (Lipinski definition) is 7. The lowest BCUT2D eigenvalue weighted by Gasteiger charge is -2.35. The maximum atomic E-state index is 14.3. The zero-order valence-electron chi connectivity index (χ0n) is 21.8. The lowest BCUT2D eigenvalue weighted by molar-refractivity contribution is -0.275. The van der Waals surface area contributed by atoms with Crippen LogP contribution in [0.4, 0.5) is 33.9 Å². The summed E-state index contributed by atoms with van der Waals surface area (Å²) in [5.41, 5.74) is 0.245. The van der Waals surface area contributed by atoms with Crippen molar-refractivity contribution in [3.05, 3.63) is 41.8 Å². The van der Waals surface area contributed by atoms with E-state index in [1.165, 1.54) is 18.1 Å². The number of rotatable bonds is 10. The van der Waals surface area contributed by atoms with E-state index in [0.29, 0.717) is 6.61 Å². The lowest BCUT2D eigenvalue weighted by atomic mass is 10.1. The molecule has 1 aliphatic rings. The number of hydrogen-bond donors (Lipinski definition) is 2. The summed E-state index contributed by atoms with van der Waals surface area (Å²) in [6.45, 7) is 6.31. The predicted octanol–water partition coefficient (Wildman–Crippen LogP) is 4.39. The summed E-state index contributed by atoms with van der Waals surface area (Å²) >= 11 is 0. The molecule has 15 heteroatoms. The molecule has 1 aromatic carbocycles. The number of alkyl halides is 3. The molecule has 0 aliphatic carbocycles. The molecule has 0 bridgehead atoms. The third-order valence-corrected chi connectivity index (χ3v) is 7.35. The molecule has 3 amide bonds. The molecule has 2 heterocycles. The van der Waals surface area contributed by atoms with Crippen LogP contribution >= 0.6 is 0 Å². The van der Waals surface area contributed by atoms with Crippen molar-refractivity contribution in [1.82, 2.24) is 10.3 Å². The van der Waals surface area contributed by atoms with Gasteiger partial charge in [0.15, 0.2) is 17.4 Å². The SMILES string of the molecule is COC[C@@H](NC(=O)N1CC(=O)N(COCC[Si](C)(C)C)c2cc(O)cnc21)c1ccc(OC(F)(F)F)c(F)c1. The van der Waals surface area contributed by atoms with E-state index in [0.717, 1.165) is 35.3 Å². The smallest absolute Gasteiger partial charge is 0.506 e. The minimum absolute atomic E-state index is 0.0648. The van der Waals surface area contributed by atoms with Gasteiger partial charge in [-0.15, -0.1) is 13.2 Å². The Morgan fingerprint density at radius 1 is 1.26 bits per heavy atom. The van der Waals surface area contributed by atoms with Crippen molar-refractivity contribution in [2.24, 2.45) is 0 Å². The minimum atomic E-state index is -5.08. The Kier molecular flexibility index (Phi) is 9.40. The van der Waals surface area contributed by atoms with Gasteiger partial charge in [0.05, 0.1) is 24.5 Å². The molecule has 0 spiro atoms. The fourth-order valence-corrected chi connectivity index (χ4v) is 4.43. The minimum Gasteiger partial charge on any atom is -0.506 e. The Labute approximate surface area is 223 Å². The van der Waals surface area contributed by atoms with Crippen LogP contribution in [0.2, 0.25) is 25.7 Å². The summed E-state index contributed by atoms with van der Waals surface area (Å²) in [6.07, 6.45) is -3.97. The first-order chi connectivity index (χ1) is 18.2. The second kappa shape index (κ2) is 12.2. The van der Waals surface area contributed by atoms with Crippen LogP contribution in [0.25, 0.3) is 0 Å². The number of nitrogens with one attached hydrogen (secondary N) is 1. The summed E-state index contributed by atoms with van der Waals surface area (Å²) in [7, 11) is -0.0481. The number of carbonyl (C=O) groups is 2. The Morgan fingerprint density at radius 2 is 1.97 bits per heavy atom. The van der Waals surface area contributed by atoms with Gasteiger partial charge < -0.3 is 24.6 Å². The molecule has 3 rings (SSSR count). The molecule has 0 unspecified atom stereocenters. The third kappa shape index (κ3) is 8.27. The van der Waals surface area contributed by atoms with Crippen LogP contribution in [-0.4, -0.2) is 70.1 Å². The van der Waals surface area contributed by atoms with Crippen LogP contribution in [-0.2, 0) is 14.3 Å². The summed E-state index contributed by atoms with van der Waals surface area (Å²) < 4.78 is 66.2. The van der Waals surface area contributed by atoms with Crippen LogP contribution < -0.4 is 19.9 Å². The highest BCUT2D eigenvalue weighted by atomic mass is 28.3. The molecule has 1 aromatic heterocycles. The van der Waals surface area contributed by atoms with Gasteiger partial charge >= 0.3 is 12.4 Å². The van der Waals surface area contributed by atoms with Crippen LogP contribution in [0.3, 0.4) is 0 Å². The molecular weight excluding hydrogens is 544 g/mol. The molecule has 2 aromatic rings. The molecule has 39 heavy (non-hydrogen) atoms. The average molecular weight is 575 g/mol. The number of ether oxygens (including phenoxy) is 3. The topological polar surface area (TPSA) is 113 Å². The standard InChI is InChI=1S/C24H30F4N4O6Si/c1-36-13-18(15-5-6-20(17(25)9-15)38-24(26,27)28)30-23(35)31-12-21(34)32(14-37-7-8-39(2,3)4)19-10-16(33)11-29-22(19)31/h5-6,9-11,18,33H,7-8,12-14H2,1-4H3,(H,30,35)/t18-/m1/s1. The quantitative estimate of drug-likeness (QED) is 0.246. The maximum Gasteiger partial charge on any atom is 0.573 e. The van der Waals surface area contributed by atoms with Gasteiger partial charge in [-0.3, -0.25) is 14.6 Å². The van der Waals surface area contributed by atoms with Crippen molar-refractivity contribution < 1.29 is 46.5 Å². The first-order valence-corrected chi connectivity index (χ1v) is 15.6. The van der Waals surface area contributed by atoms with Crippen molar-refractivity contribution in [3.8, 4) is 11.5 Å². The number of benzene rings is 1. The second-order valence-corrected chi connectivity index (χ2v) is 15.6. The number of halogens is 4. The molecule has 0 fully saturated rings. The average Bonchev–Trinajstić information content (AvgIpc) is 2.82. The van der Waals surface area contributed by atoms with E-state index in [9.17, 15) is 32.3 Å². The second-order valence-electron chi connectivity index (χ2n) is 9.99. The first kappa shape index (κ1) is 30.1. The van der Waals surface area contributed by atoms with Crippen LogP contribution in [0.5, 0.6) is 11.5 Å². The van der Waals surface area contributed by atoms with Gasteiger partial charge in [0.25, 0.3) is 0 Å². The summed E-state index contributed by atoms with van der Waals surface area (Å²) in [4.78, 5) is 32.7. The van der Waals surface area contributed by atoms with Crippen molar-refractivity contribution >= 4 is 31.5 Å². The number of amides is 3. The number of urea groups is 1. The number of aromatic nitrogens is 1. The number of fused-ring (bicyclic) bond motifs is 1. The van der Waals surface area contributed by atoms with Crippen LogP contribution in [0.1, 0.15) is 11.6 Å².